The van der Waals surface area contributed by atoms with Crippen LogP contribution < -0.4 is 0 Å². The zero-order chi connectivity index (χ0) is 18.1. The lowest BCUT2D eigenvalue weighted by Crippen LogP contribution is -2.39. The Morgan fingerprint density at radius 1 is 0.667 bits per heavy atom. The van der Waals surface area contributed by atoms with Crippen molar-refractivity contribution in [1.82, 2.24) is 0 Å². The van der Waals surface area contributed by atoms with E-state index in [9.17, 15) is 39.5 Å². The molecule has 0 heterocycles. The topological polar surface area (TPSA) is 0 Å². The highest BCUT2D eigenvalue weighted by atomic mass is 19.4. The Morgan fingerprint density at radius 2 is 0.905 bits per heavy atom. The highest BCUT2D eigenvalue weighted by molar-refractivity contribution is 4.31. The predicted octanol–water partition coefficient (Wildman–Crippen LogP) is 5.42. The quantitative estimate of drug-likeness (QED) is 0.474. The van der Waals surface area contributed by atoms with Gasteiger partial charge in [0.25, 0.3) is 0 Å². The fourth-order valence-corrected chi connectivity index (χ4v) is 0.744. The van der Waals surface area contributed by atoms with E-state index in [0.717, 1.165) is 0 Å². The molecule has 10 heteroatoms. The Bertz CT molecular complexity index is 155. The van der Waals surface area contributed by atoms with Gasteiger partial charge in [-0.05, 0) is 13.3 Å². The standard InChI is InChI=1S/C8H20N.3CHF3/c1-5-7-8-9(3,4)6-2;3*2-1(3)4/h5-8H2,1-4H3;3*1H/q+1;;;. The van der Waals surface area contributed by atoms with E-state index in [1.807, 2.05) is 0 Å². The first-order valence-electron chi connectivity index (χ1n) is 5.91. The van der Waals surface area contributed by atoms with Gasteiger partial charge in [0.05, 0.1) is 27.2 Å². The Labute approximate surface area is 119 Å². The van der Waals surface area contributed by atoms with Crippen molar-refractivity contribution in [3.8, 4) is 0 Å². The van der Waals surface area contributed by atoms with Crippen molar-refractivity contribution in [1.29, 1.82) is 0 Å². The van der Waals surface area contributed by atoms with Crippen LogP contribution in [-0.4, -0.2) is 51.7 Å². The summed E-state index contributed by atoms with van der Waals surface area (Å²) in [6, 6.07) is 0. The first-order chi connectivity index (χ1) is 9.32. The average Bonchev–Trinajstić information content (AvgIpc) is 2.24. The van der Waals surface area contributed by atoms with E-state index in [0.29, 0.717) is 0 Å². The van der Waals surface area contributed by atoms with Crippen LogP contribution in [0.25, 0.3) is 0 Å². The zero-order valence-corrected chi connectivity index (χ0v) is 12.4. The van der Waals surface area contributed by atoms with E-state index in [2.05, 4.69) is 27.9 Å². The van der Waals surface area contributed by atoms with Crippen LogP contribution in [0.15, 0.2) is 0 Å². The molecule has 0 aliphatic rings. The molecule has 0 saturated carbocycles. The van der Waals surface area contributed by atoms with E-state index >= 15 is 0 Å². The summed E-state index contributed by atoms with van der Waals surface area (Å²) in [6.45, 7) is -3.93. The fraction of sp³-hybridized carbons (Fsp3) is 1.00. The molecule has 0 aliphatic carbocycles. The Hall–Kier alpha value is -0.670. The second kappa shape index (κ2) is 19.3. The summed E-state index contributed by atoms with van der Waals surface area (Å²) in [5.41, 5.74) is 0. The molecule has 0 bridgehead atoms. The van der Waals surface area contributed by atoms with Crippen molar-refractivity contribution >= 4 is 0 Å². The van der Waals surface area contributed by atoms with Crippen molar-refractivity contribution in [2.24, 2.45) is 0 Å². The number of halogens is 9. The lowest BCUT2D eigenvalue weighted by molar-refractivity contribution is -0.888. The van der Waals surface area contributed by atoms with E-state index < -0.39 is 20.0 Å². The number of nitrogens with zero attached hydrogens (tertiary/aromatic N) is 1. The van der Waals surface area contributed by atoms with Gasteiger partial charge < -0.3 is 4.48 Å². The highest BCUT2D eigenvalue weighted by Gasteiger charge is 2.08. The van der Waals surface area contributed by atoms with Crippen molar-refractivity contribution < 1.29 is 44.0 Å². The molecule has 1 nitrogen and oxygen atoms in total. The number of hydrogen-bond acceptors (Lipinski definition) is 0. The van der Waals surface area contributed by atoms with Crippen LogP contribution in [0, 0.1) is 0 Å². The van der Waals surface area contributed by atoms with Crippen molar-refractivity contribution in [2.75, 3.05) is 27.2 Å². The number of unbranched alkanes of at least 4 members (excludes halogenated alkanes) is 1. The molecule has 0 aromatic carbocycles. The summed E-state index contributed by atoms with van der Waals surface area (Å²) < 4.78 is 88.2. The maximum atomic E-state index is 9.67. The third-order valence-electron chi connectivity index (χ3n) is 1.97. The lowest BCUT2D eigenvalue weighted by Gasteiger charge is -2.27. The molecule has 0 amide bonds. The summed E-state index contributed by atoms with van der Waals surface area (Å²) in [5.74, 6) is 0. The third kappa shape index (κ3) is 108. The highest BCUT2D eigenvalue weighted by Crippen LogP contribution is 1.99. The summed E-state index contributed by atoms with van der Waals surface area (Å²) in [7, 11) is 4.57. The van der Waals surface area contributed by atoms with Gasteiger partial charge in [0.15, 0.2) is 0 Å². The third-order valence-corrected chi connectivity index (χ3v) is 1.97. The van der Waals surface area contributed by atoms with Crippen LogP contribution in [0.5, 0.6) is 0 Å². The maximum Gasteiger partial charge on any atom is 0.379 e. The summed E-state index contributed by atoms with van der Waals surface area (Å²) in [4.78, 5) is 0. The molecule has 0 atom stereocenters. The molecule has 0 rings (SSSR count). The van der Waals surface area contributed by atoms with Gasteiger partial charge in [-0.1, -0.05) is 13.3 Å². The average molecular weight is 340 g/mol. The van der Waals surface area contributed by atoms with Crippen molar-refractivity contribution in [3.05, 3.63) is 0 Å². The number of alkyl halides is 9. The summed E-state index contributed by atoms with van der Waals surface area (Å²) in [5, 5.41) is 0. The molecule has 0 aliphatic heterocycles. The first kappa shape index (κ1) is 28.5. The molecule has 21 heavy (non-hydrogen) atoms. The Kier molecular flexibility index (Phi) is 26.2. The Balaban J connectivity index is -0.000000102. The lowest BCUT2D eigenvalue weighted by atomic mass is 10.3. The largest absolute Gasteiger partial charge is 0.379 e. The van der Waals surface area contributed by atoms with Gasteiger partial charge in [-0.25, -0.2) is 0 Å². The number of quaternary nitrogens is 1. The van der Waals surface area contributed by atoms with E-state index in [1.54, 1.807) is 0 Å². The normalized spacial score (nSPS) is 10.3. The van der Waals surface area contributed by atoms with E-state index in [4.69, 9.17) is 0 Å². The van der Waals surface area contributed by atoms with Crippen LogP contribution >= 0.6 is 0 Å². The molecule has 0 spiro atoms. The van der Waals surface area contributed by atoms with Crippen LogP contribution in [0.2, 0.25) is 0 Å². The van der Waals surface area contributed by atoms with E-state index in [1.165, 1.54) is 30.4 Å². The van der Waals surface area contributed by atoms with Crippen molar-refractivity contribution in [3.63, 3.8) is 0 Å². The molecule has 0 fully saturated rings. The van der Waals surface area contributed by atoms with Crippen LogP contribution in [0.4, 0.5) is 39.5 Å². The van der Waals surface area contributed by atoms with Gasteiger partial charge in [-0.15, -0.1) is 0 Å². The van der Waals surface area contributed by atoms with Gasteiger partial charge in [0.2, 0.25) is 0 Å². The molecule has 0 aromatic heterocycles. The van der Waals surface area contributed by atoms with Gasteiger partial charge in [-0.3, -0.25) is 0 Å². The van der Waals surface area contributed by atoms with Crippen LogP contribution in [0.3, 0.4) is 0 Å². The molecule has 0 radical (unpaired) electrons. The molecular weight excluding hydrogens is 317 g/mol. The predicted molar refractivity (Wildman–Crippen MR) is 63.8 cm³/mol. The van der Waals surface area contributed by atoms with Crippen molar-refractivity contribution in [2.45, 2.75) is 46.7 Å². The van der Waals surface area contributed by atoms with Crippen LogP contribution in [0.1, 0.15) is 26.7 Å². The molecule has 0 unspecified atom stereocenters. The first-order valence-corrected chi connectivity index (χ1v) is 5.91. The minimum absolute atomic E-state index is 1.17. The number of rotatable bonds is 4. The van der Waals surface area contributed by atoms with Gasteiger partial charge in [0, 0.05) is 0 Å². The minimum atomic E-state index is -3.67. The molecule has 0 N–H and O–H groups in total. The minimum Gasteiger partial charge on any atom is -0.329 e. The smallest absolute Gasteiger partial charge is 0.329 e. The molecular formula is C11H23F9N+. The zero-order valence-electron chi connectivity index (χ0n) is 12.4. The molecule has 0 aromatic rings. The van der Waals surface area contributed by atoms with Gasteiger partial charge >= 0.3 is 20.0 Å². The molecule has 134 valence electrons. The molecule has 0 saturated heterocycles. The van der Waals surface area contributed by atoms with Gasteiger partial charge in [0.1, 0.15) is 0 Å². The monoisotopic (exact) mass is 340 g/mol. The maximum absolute atomic E-state index is 9.67. The van der Waals surface area contributed by atoms with Gasteiger partial charge in [-0.2, -0.15) is 39.5 Å². The fourth-order valence-electron chi connectivity index (χ4n) is 0.744. The summed E-state index contributed by atoms with van der Waals surface area (Å²) in [6.07, 6.45) is 2.68. The summed E-state index contributed by atoms with van der Waals surface area (Å²) >= 11 is 0. The number of hydrogen-bond donors (Lipinski definition) is 0. The van der Waals surface area contributed by atoms with Crippen LogP contribution in [-0.2, 0) is 0 Å². The second-order valence-corrected chi connectivity index (χ2v) is 4.07. The van der Waals surface area contributed by atoms with E-state index in [-0.39, 0.29) is 0 Å². The Morgan fingerprint density at radius 3 is 1.05 bits per heavy atom. The SMILES string of the molecule is CCCC[N+](C)(C)CC.FC(F)F.FC(F)F.FC(F)F. The second-order valence-electron chi connectivity index (χ2n) is 4.07.